The molecule has 4 rings (SSSR count). The molecule has 0 radical (unpaired) electrons. The highest BCUT2D eigenvalue weighted by atomic mass is 16.5. The normalized spacial score (nSPS) is 14.9. The topological polar surface area (TPSA) is 41.6 Å². The molecule has 1 fully saturated rings. The van der Waals surface area contributed by atoms with Crippen molar-refractivity contribution in [2.75, 3.05) is 20.1 Å². The molecule has 1 aliphatic heterocycles. The highest BCUT2D eigenvalue weighted by Crippen LogP contribution is 2.20. The summed E-state index contributed by atoms with van der Waals surface area (Å²) in [5.74, 6) is 0.832. The van der Waals surface area contributed by atoms with Gasteiger partial charge in [0.1, 0.15) is 11.9 Å². The fraction of sp³-hybridized carbons (Fsp3) is 0.296. The Bertz CT molecular complexity index is 995. The molecule has 1 aliphatic rings. The third-order valence-electron chi connectivity index (χ3n) is 5.82. The maximum absolute atomic E-state index is 12.9. The van der Waals surface area contributed by atoms with Crippen LogP contribution < -0.4 is 10.1 Å². The van der Waals surface area contributed by atoms with Crippen molar-refractivity contribution >= 4 is 5.91 Å². The number of nitrogens with one attached hydrogen (secondary N) is 1. The summed E-state index contributed by atoms with van der Waals surface area (Å²) in [5.41, 5.74) is 4.00. The first kappa shape index (κ1) is 21.1. The Labute approximate surface area is 184 Å². The van der Waals surface area contributed by atoms with Gasteiger partial charge in [-0.3, -0.25) is 4.79 Å². The first-order valence-electron chi connectivity index (χ1n) is 11.0. The summed E-state index contributed by atoms with van der Waals surface area (Å²) >= 11 is 0. The number of ether oxygens (including phenoxy) is 1. The smallest absolute Gasteiger partial charge is 0.251 e. The van der Waals surface area contributed by atoms with E-state index in [2.05, 4.69) is 29.4 Å². The number of rotatable bonds is 7. The largest absolute Gasteiger partial charge is 0.490 e. The Morgan fingerprint density at radius 2 is 1.65 bits per heavy atom. The average Bonchev–Trinajstić information content (AvgIpc) is 2.80. The van der Waals surface area contributed by atoms with E-state index in [1.165, 1.54) is 5.56 Å². The number of hydrogen-bond acceptors (Lipinski definition) is 3. The highest BCUT2D eigenvalue weighted by Gasteiger charge is 2.18. The van der Waals surface area contributed by atoms with E-state index >= 15 is 0 Å². The van der Waals surface area contributed by atoms with E-state index < -0.39 is 0 Å². The van der Waals surface area contributed by atoms with Crippen molar-refractivity contribution in [2.45, 2.75) is 31.9 Å². The van der Waals surface area contributed by atoms with Gasteiger partial charge in [0, 0.05) is 25.2 Å². The number of likely N-dealkylation sites (tertiary alicyclic amines) is 1. The molecule has 4 heteroatoms. The van der Waals surface area contributed by atoms with E-state index in [0.29, 0.717) is 6.54 Å². The molecule has 0 aromatic heterocycles. The number of benzene rings is 3. The van der Waals surface area contributed by atoms with Gasteiger partial charge >= 0.3 is 0 Å². The third kappa shape index (κ3) is 5.96. The molecule has 1 N–H and O–H groups in total. The second-order valence-electron chi connectivity index (χ2n) is 8.27. The maximum Gasteiger partial charge on any atom is 0.251 e. The van der Waals surface area contributed by atoms with Gasteiger partial charge in [-0.15, -0.1) is 0 Å². The molecule has 31 heavy (non-hydrogen) atoms. The zero-order chi connectivity index (χ0) is 21.5. The first-order chi connectivity index (χ1) is 15.2. The van der Waals surface area contributed by atoms with Crippen molar-refractivity contribution in [3.05, 3.63) is 101 Å². The molecule has 1 saturated heterocycles. The number of carbonyl (C=O) groups is 1. The number of carbonyl (C=O) groups excluding carboxylic acids is 1. The maximum atomic E-state index is 12.9. The van der Waals surface area contributed by atoms with E-state index in [9.17, 15) is 4.79 Å². The molecule has 0 bridgehead atoms. The fourth-order valence-corrected chi connectivity index (χ4v) is 4.01. The fourth-order valence-electron chi connectivity index (χ4n) is 4.01. The lowest BCUT2D eigenvalue weighted by molar-refractivity contribution is 0.0949. The predicted octanol–water partition coefficient (Wildman–Crippen LogP) is 4.68. The van der Waals surface area contributed by atoms with Crippen LogP contribution in [0.2, 0.25) is 0 Å². The standard InChI is InChI=1S/C27H30N2O2/c1-29-16-14-24(15-17-29)31-25-12-7-10-22(19-25)20-28-27(30)26-13-6-5-11-23(26)18-21-8-3-2-4-9-21/h2-13,19,24H,14-18,20H2,1H3,(H,28,30). The van der Waals surface area contributed by atoms with E-state index in [-0.39, 0.29) is 12.0 Å². The molecule has 0 aliphatic carbocycles. The summed E-state index contributed by atoms with van der Waals surface area (Å²) in [6, 6.07) is 26.1. The quantitative estimate of drug-likeness (QED) is 0.610. The van der Waals surface area contributed by atoms with Crippen molar-refractivity contribution in [2.24, 2.45) is 0 Å². The van der Waals surface area contributed by atoms with Gasteiger partial charge in [0.05, 0.1) is 0 Å². The molecular formula is C27H30N2O2. The minimum Gasteiger partial charge on any atom is -0.490 e. The molecular weight excluding hydrogens is 384 g/mol. The molecule has 0 unspecified atom stereocenters. The van der Waals surface area contributed by atoms with Gasteiger partial charge in [0.15, 0.2) is 0 Å². The summed E-state index contributed by atoms with van der Waals surface area (Å²) < 4.78 is 6.18. The van der Waals surface area contributed by atoms with E-state index in [0.717, 1.165) is 54.8 Å². The van der Waals surface area contributed by atoms with Crippen molar-refractivity contribution in [1.29, 1.82) is 0 Å². The van der Waals surface area contributed by atoms with Crippen molar-refractivity contribution in [3.63, 3.8) is 0 Å². The summed E-state index contributed by atoms with van der Waals surface area (Å²) in [5, 5.41) is 3.08. The van der Waals surface area contributed by atoms with Crippen LogP contribution in [-0.2, 0) is 13.0 Å². The molecule has 3 aromatic rings. The first-order valence-corrected chi connectivity index (χ1v) is 11.0. The molecule has 1 amide bonds. The van der Waals surface area contributed by atoms with Crippen LogP contribution in [0.1, 0.15) is 39.9 Å². The Morgan fingerprint density at radius 1 is 0.935 bits per heavy atom. The van der Waals surface area contributed by atoms with Gasteiger partial charge in [-0.2, -0.15) is 0 Å². The van der Waals surface area contributed by atoms with Crippen LogP contribution in [0.25, 0.3) is 0 Å². The van der Waals surface area contributed by atoms with Gasteiger partial charge in [-0.1, -0.05) is 60.7 Å². The summed E-state index contributed by atoms with van der Waals surface area (Å²) in [6.45, 7) is 2.62. The lowest BCUT2D eigenvalue weighted by atomic mass is 9.99. The minimum atomic E-state index is -0.0480. The Balaban J connectivity index is 1.37. The van der Waals surface area contributed by atoms with Gasteiger partial charge in [-0.05, 0) is 61.2 Å². The van der Waals surface area contributed by atoms with Crippen LogP contribution in [0.5, 0.6) is 5.75 Å². The zero-order valence-corrected chi connectivity index (χ0v) is 18.1. The van der Waals surface area contributed by atoms with Crippen LogP contribution in [0.3, 0.4) is 0 Å². The molecule has 4 nitrogen and oxygen atoms in total. The number of piperidine rings is 1. The SMILES string of the molecule is CN1CCC(Oc2cccc(CNC(=O)c3ccccc3Cc3ccccc3)c2)CC1. The van der Waals surface area contributed by atoms with Crippen molar-refractivity contribution < 1.29 is 9.53 Å². The predicted molar refractivity (Wildman–Crippen MR) is 124 cm³/mol. The van der Waals surface area contributed by atoms with E-state index in [1.807, 2.05) is 66.7 Å². The van der Waals surface area contributed by atoms with Gasteiger partial charge in [0.25, 0.3) is 5.91 Å². The van der Waals surface area contributed by atoms with Crippen LogP contribution in [0, 0.1) is 0 Å². The molecule has 0 spiro atoms. The van der Waals surface area contributed by atoms with Crippen molar-refractivity contribution in [3.8, 4) is 5.75 Å². The van der Waals surface area contributed by atoms with Crippen LogP contribution >= 0.6 is 0 Å². The summed E-state index contributed by atoms with van der Waals surface area (Å²) in [4.78, 5) is 15.2. The van der Waals surface area contributed by atoms with E-state index in [4.69, 9.17) is 4.74 Å². The number of hydrogen-bond donors (Lipinski definition) is 1. The summed E-state index contributed by atoms with van der Waals surface area (Å²) in [7, 11) is 2.15. The van der Waals surface area contributed by atoms with Gasteiger partial charge in [0.2, 0.25) is 0 Å². The monoisotopic (exact) mass is 414 g/mol. The highest BCUT2D eigenvalue weighted by molar-refractivity contribution is 5.95. The van der Waals surface area contributed by atoms with E-state index in [1.54, 1.807) is 0 Å². The average molecular weight is 415 g/mol. The number of amides is 1. The van der Waals surface area contributed by atoms with Crippen LogP contribution in [0.15, 0.2) is 78.9 Å². The van der Waals surface area contributed by atoms with Gasteiger partial charge in [-0.25, -0.2) is 0 Å². The lowest BCUT2D eigenvalue weighted by Crippen LogP contribution is -2.35. The second-order valence-corrected chi connectivity index (χ2v) is 8.27. The molecule has 0 atom stereocenters. The van der Waals surface area contributed by atoms with Crippen LogP contribution in [0.4, 0.5) is 0 Å². The molecule has 0 saturated carbocycles. The third-order valence-corrected chi connectivity index (χ3v) is 5.82. The zero-order valence-electron chi connectivity index (χ0n) is 18.1. The molecule has 3 aromatic carbocycles. The Hall–Kier alpha value is -3.11. The van der Waals surface area contributed by atoms with Crippen molar-refractivity contribution in [1.82, 2.24) is 10.2 Å². The second kappa shape index (κ2) is 10.3. The van der Waals surface area contributed by atoms with Gasteiger partial charge < -0.3 is 15.0 Å². The number of nitrogens with zero attached hydrogens (tertiary/aromatic N) is 1. The molecule has 160 valence electrons. The van der Waals surface area contributed by atoms with Crippen LogP contribution in [-0.4, -0.2) is 37.0 Å². The Kier molecular flexibility index (Phi) is 7.00. The molecule has 1 heterocycles. The Morgan fingerprint density at radius 3 is 2.45 bits per heavy atom. The lowest BCUT2D eigenvalue weighted by Gasteiger charge is -2.29. The summed E-state index contributed by atoms with van der Waals surface area (Å²) in [6.07, 6.45) is 3.11. The minimum absolute atomic E-state index is 0.0480.